The number of hydrogen-bond donors (Lipinski definition) is 0. The van der Waals surface area contributed by atoms with Gasteiger partial charge in [-0.15, -0.1) is 0 Å². The molecule has 104 valence electrons. The normalized spacial score (nSPS) is 20.3. The Kier molecular flexibility index (Phi) is 5.86. The van der Waals surface area contributed by atoms with Crippen LogP contribution < -0.4 is 0 Å². The van der Waals surface area contributed by atoms with E-state index in [0.29, 0.717) is 18.0 Å². The Labute approximate surface area is 112 Å². The van der Waals surface area contributed by atoms with Crippen molar-refractivity contribution >= 4 is 0 Å². The highest BCUT2D eigenvalue weighted by molar-refractivity contribution is 5.03. The van der Waals surface area contributed by atoms with E-state index in [-0.39, 0.29) is 0 Å². The maximum absolute atomic E-state index is 4.39. The van der Waals surface area contributed by atoms with E-state index in [1.807, 2.05) is 20.0 Å². The molecule has 1 atom stereocenters. The van der Waals surface area contributed by atoms with Crippen LogP contribution in [0.2, 0.25) is 0 Å². The first kappa shape index (κ1) is 15.2. The predicted molar refractivity (Wildman–Crippen MR) is 77.5 cm³/mol. The first-order valence-corrected chi connectivity index (χ1v) is 7.36. The smallest absolute Gasteiger partial charge is 0.0524 e. The van der Waals surface area contributed by atoms with Crippen molar-refractivity contribution in [2.75, 3.05) is 0 Å². The molecule has 2 heterocycles. The van der Waals surface area contributed by atoms with Crippen molar-refractivity contribution in [1.82, 2.24) is 14.7 Å². The van der Waals surface area contributed by atoms with E-state index < -0.39 is 0 Å². The van der Waals surface area contributed by atoms with E-state index in [1.165, 1.54) is 12.1 Å². The number of nitrogens with zero attached hydrogens (tertiary/aromatic N) is 3. The average molecular weight is 251 g/mol. The third-order valence-corrected chi connectivity index (χ3v) is 3.64. The van der Waals surface area contributed by atoms with Gasteiger partial charge in [-0.2, -0.15) is 5.10 Å². The minimum atomic E-state index is 0.605. The number of hydrogen-bond acceptors (Lipinski definition) is 2. The van der Waals surface area contributed by atoms with Crippen LogP contribution in [-0.4, -0.2) is 26.8 Å². The lowest BCUT2D eigenvalue weighted by Crippen LogP contribution is -2.42. The highest BCUT2D eigenvalue weighted by atomic mass is 15.3. The number of fused-ring (bicyclic) bond motifs is 1. The number of aryl methyl sites for hydroxylation is 1. The number of rotatable bonds is 2. The van der Waals surface area contributed by atoms with Crippen LogP contribution >= 0.6 is 0 Å². The zero-order valence-electron chi connectivity index (χ0n) is 12.8. The van der Waals surface area contributed by atoms with Gasteiger partial charge in [0, 0.05) is 31.4 Å². The molecule has 1 aromatic heterocycles. The third kappa shape index (κ3) is 3.35. The van der Waals surface area contributed by atoms with Crippen LogP contribution in [0.1, 0.15) is 53.7 Å². The van der Waals surface area contributed by atoms with Gasteiger partial charge in [0.25, 0.3) is 0 Å². The Morgan fingerprint density at radius 2 is 1.89 bits per heavy atom. The fourth-order valence-electron chi connectivity index (χ4n) is 2.70. The quantitative estimate of drug-likeness (QED) is 0.801. The van der Waals surface area contributed by atoms with Gasteiger partial charge in [0.15, 0.2) is 0 Å². The standard InChI is InChI=1S/C13H23N3.C2H6/c1-10(2)13-6-8-16-12(5-7-14-16)9-15(13)11(3)4;1-2/h5,7,10-11,13H,6,8-9H2,1-4H3;1-2H3. The van der Waals surface area contributed by atoms with Crippen molar-refractivity contribution < 1.29 is 0 Å². The molecule has 1 aliphatic rings. The van der Waals surface area contributed by atoms with Crippen LogP contribution in [0, 0.1) is 5.92 Å². The topological polar surface area (TPSA) is 21.1 Å². The zero-order valence-corrected chi connectivity index (χ0v) is 12.8. The lowest BCUT2D eigenvalue weighted by Gasteiger charge is -2.35. The molecule has 0 saturated carbocycles. The summed E-state index contributed by atoms with van der Waals surface area (Å²) < 4.78 is 2.16. The first-order valence-electron chi connectivity index (χ1n) is 7.36. The molecule has 0 aliphatic carbocycles. The van der Waals surface area contributed by atoms with E-state index >= 15 is 0 Å². The van der Waals surface area contributed by atoms with Crippen molar-refractivity contribution in [3.8, 4) is 0 Å². The van der Waals surface area contributed by atoms with Gasteiger partial charge in [0.05, 0.1) is 5.69 Å². The second-order valence-corrected chi connectivity index (χ2v) is 5.41. The van der Waals surface area contributed by atoms with Crippen LogP contribution in [0.25, 0.3) is 0 Å². The highest BCUT2D eigenvalue weighted by Gasteiger charge is 2.27. The number of aromatic nitrogens is 2. The Morgan fingerprint density at radius 3 is 2.44 bits per heavy atom. The summed E-state index contributed by atoms with van der Waals surface area (Å²) in [6, 6.07) is 3.44. The summed E-state index contributed by atoms with van der Waals surface area (Å²) >= 11 is 0. The molecule has 0 fully saturated rings. The fraction of sp³-hybridized carbons (Fsp3) is 0.800. The van der Waals surface area contributed by atoms with Crippen LogP contribution in [0.5, 0.6) is 0 Å². The maximum Gasteiger partial charge on any atom is 0.0524 e. The lowest BCUT2D eigenvalue weighted by atomic mass is 9.98. The molecular weight excluding hydrogens is 222 g/mol. The van der Waals surface area contributed by atoms with Crippen LogP contribution in [0.3, 0.4) is 0 Å². The average Bonchev–Trinajstić information content (AvgIpc) is 2.69. The summed E-state index contributed by atoms with van der Waals surface area (Å²) in [4.78, 5) is 2.62. The maximum atomic E-state index is 4.39. The minimum absolute atomic E-state index is 0.605. The summed E-state index contributed by atoms with van der Waals surface area (Å²) in [6.45, 7) is 15.3. The summed E-state index contributed by atoms with van der Waals surface area (Å²) in [5.74, 6) is 0.715. The van der Waals surface area contributed by atoms with Gasteiger partial charge in [-0.3, -0.25) is 9.58 Å². The van der Waals surface area contributed by atoms with E-state index in [4.69, 9.17) is 0 Å². The van der Waals surface area contributed by atoms with Gasteiger partial charge in [0.2, 0.25) is 0 Å². The summed E-state index contributed by atoms with van der Waals surface area (Å²) in [5, 5.41) is 4.39. The molecule has 0 spiro atoms. The Hall–Kier alpha value is -0.830. The molecule has 18 heavy (non-hydrogen) atoms. The predicted octanol–water partition coefficient (Wildman–Crippen LogP) is 3.55. The first-order chi connectivity index (χ1) is 8.59. The van der Waals surface area contributed by atoms with E-state index in [9.17, 15) is 0 Å². The molecule has 0 bridgehead atoms. The fourth-order valence-corrected chi connectivity index (χ4v) is 2.70. The van der Waals surface area contributed by atoms with Crippen molar-refractivity contribution in [2.45, 2.75) is 73.1 Å². The molecule has 0 amide bonds. The summed E-state index contributed by atoms with van der Waals surface area (Å²) in [5.41, 5.74) is 1.36. The molecule has 0 saturated heterocycles. The van der Waals surface area contributed by atoms with Gasteiger partial charge in [0.1, 0.15) is 0 Å². The molecular formula is C15H29N3. The molecule has 1 unspecified atom stereocenters. The second kappa shape index (κ2) is 6.93. The molecule has 0 N–H and O–H groups in total. The Balaban J connectivity index is 0.000000771. The Morgan fingerprint density at radius 1 is 1.22 bits per heavy atom. The third-order valence-electron chi connectivity index (χ3n) is 3.64. The van der Waals surface area contributed by atoms with Crippen molar-refractivity contribution in [1.29, 1.82) is 0 Å². The molecule has 3 nitrogen and oxygen atoms in total. The van der Waals surface area contributed by atoms with Crippen molar-refractivity contribution in [3.05, 3.63) is 18.0 Å². The molecule has 3 heteroatoms. The highest BCUT2D eigenvalue weighted by Crippen LogP contribution is 2.24. The molecule has 0 radical (unpaired) electrons. The zero-order chi connectivity index (χ0) is 13.7. The monoisotopic (exact) mass is 251 g/mol. The van der Waals surface area contributed by atoms with Gasteiger partial charge < -0.3 is 0 Å². The van der Waals surface area contributed by atoms with Crippen molar-refractivity contribution in [3.63, 3.8) is 0 Å². The van der Waals surface area contributed by atoms with Crippen molar-refractivity contribution in [2.24, 2.45) is 5.92 Å². The second-order valence-electron chi connectivity index (χ2n) is 5.41. The van der Waals surface area contributed by atoms with Gasteiger partial charge in [-0.25, -0.2) is 0 Å². The van der Waals surface area contributed by atoms with Crippen LogP contribution in [-0.2, 0) is 13.1 Å². The van der Waals surface area contributed by atoms with Gasteiger partial charge >= 0.3 is 0 Å². The molecule has 2 rings (SSSR count). The molecule has 1 aromatic rings. The van der Waals surface area contributed by atoms with E-state index in [0.717, 1.165) is 13.1 Å². The molecule has 1 aliphatic heterocycles. The van der Waals surface area contributed by atoms with Crippen LogP contribution in [0.4, 0.5) is 0 Å². The lowest BCUT2D eigenvalue weighted by molar-refractivity contribution is 0.107. The van der Waals surface area contributed by atoms with Gasteiger partial charge in [-0.1, -0.05) is 27.7 Å². The summed E-state index contributed by atoms with van der Waals surface area (Å²) in [6.07, 6.45) is 3.13. The van der Waals surface area contributed by atoms with Crippen LogP contribution in [0.15, 0.2) is 12.3 Å². The summed E-state index contributed by atoms with van der Waals surface area (Å²) in [7, 11) is 0. The SMILES string of the molecule is CC.CC(C)C1CCn2nccc2CN1C(C)C. The molecule has 0 aromatic carbocycles. The largest absolute Gasteiger partial charge is 0.292 e. The minimum Gasteiger partial charge on any atom is -0.292 e. The Bertz CT molecular complexity index is 341. The van der Waals surface area contributed by atoms with E-state index in [1.54, 1.807) is 0 Å². The van der Waals surface area contributed by atoms with Gasteiger partial charge in [-0.05, 0) is 32.3 Å². The van der Waals surface area contributed by atoms with E-state index in [2.05, 4.69) is 48.4 Å².